The molecule has 0 spiro atoms. The summed E-state index contributed by atoms with van der Waals surface area (Å²) in [4.78, 5) is 1.49. The van der Waals surface area contributed by atoms with Crippen molar-refractivity contribution in [3.05, 3.63) is 5.82 Å². The summed E-state index contributed by atoms with van der Waals surface area (Å²) >= 11 is 0. The van der Waals surface area contributed by atoms with Crippen LogP contribution in [0.1, 0.15) is 32.0 Å². The van der Waals surface area contributed by atoms with Gasteiger partial charge in [-0.15, -0.1) is 10.2 Å². The number of hydrogen-bond acceptors (Lipinski definition) is 4. The van der Waals surface area contributed by atoms with E-state index in [0.717, 1.165) is 18.9 Å². The van der Waals surface area contributed by atoms with Crippen molar-refractivity contribution in [2.24, 2.45) is 12.5 Å². The second kappa shape index (κ2) is 3.65. The Balaban J connectivity index is 1.73. The highest BCUT2D eigenvalue weighted by molar-refractivity contribution is 4.93. The first kappa shape index (κ1) is 9.58. The van der Waals surface area contributed by atoms with E-state index in [0.29, 0.717) is 5.41 Å². The minimum atomic E-state index is 0.586. The highest BCUT2D eigenvalue weighted by atomic mass is 15.6. The Kier molecular flexibility index (Phi) is 2.50. The zero-order valence-corrected chi connectivity index (χ0v) is 8.82. The summed E-state index contributed by atoms with van der Waals surface area (Å²) in [7, 11) is 1.78. The van der Waals surface area contributed by atoms with Crippen LogP contribution in [0.5, 0.6) is 0 Å². The van der Waals surface area contributed by atoms with E-state index in [1.54, 1.807) is 7.05 Å². The van der Waals surface area contributed by atoms with Gasteiger partial charge in [-0.05, 0) is 29.9 Å². The highest BCUT2D eigenvalue weighted by Crippen LogP contribution is 2.47. The fourth-order valence-corrected chi connectivity index (χ4v) is 1.67. The van der Waals surface area contributed by atoms with Crippen LogP contribution in [0.3, 0.4) is 0 Å². The Bertz CT molecular complexity index is 302. The lowest BCUT2D eigenvalue weighted by molar-refractivity contribution is 0.439. The van der Waals surface area contributed by atoms with Gasteiger partial charge in [0.05, 0.1) is 13.6 Å². The van der Waals surface area contributed by atoms with Crippen molar-refractivity contribution in [3.8, 4) is 0 Å². The summed E-state index contributed by atoms with van der Waals surface area (Å²) in [5.74, 6) is 0.777. The van der Waals surface area contributed by atoms with Crippen molar-refractivity contribution in [2.45, 2.75) is 32.7 Å². The second-order valence-corrected chi connectivity index (χ2v) is 4.15. The summed E-state index contributed by atoms with van der Waals surface area (Å²) in [5.41, 5.74) is 0.586. The number of aromatic nitrogens is 4. The first-order valence-corrected chi connectivity index (χ1v) is 5.18. The number of tetrazole rings is 1. The van der Waals surface area contributed by atoms with Crippen LogP contribution >= 0.6 is 0 Å². The molecule has 0 aromatic carbocycles. The fraction of sp³-hybridized carbons (Fsp3) is 0.889. The first-order valence-electron chi connectivity index (χ1n) is 5.18. The SMILES string of the molecule is CCC1(CNCc2nnn(C)n2)CC1. The number of nitrogens with zero attached hydrogens (tertiary/aromatic N) is 4. The zero-order valence-electron chi connectivity index (χ0n) is 8.82. The summed E-state index contributed by atoms with van der Waals surface area (Å²) in [5, 5.41) is 15.2. The van der Waals surface area contributed by atoms with E-state index in [2.05, 4.69) is 27.7 Å². The number of aryl methyl sites for hydroxylation is 1. The molecule has 0 amide bonds. The Hall–Kier alpha value is -0.970. The maximum Gasteiger partial charge on any atom is 0.188 e. The molecule has 1 fully saturated rings. The highest BCUT2D eigenvalue weighted by Gasteiger charge is 2.39. The molecule has 0 unspecified atom stereocenters. The molecular formula is C9H17N5. The van der Waals surface area contributed by atoms with E-state index >= 15 is 0 Å². The van der Waals surface area contributed by atoms with Gasteiger partial charge in [-0.3, -0.25) is 0 Å². The monoisotopic (exact) mass is 195 g/mol. The summed E-state index contributed by atoms with van der Waals surface area (Å²) in [6, 6.07) is 0. The lowest BCUT2D eigenvalue weighted by atomic mass is 10.0. The minimum absolute atomic E-state index is 0.586. The normalized spacial score (nSPS) is 18.4. The maximum atomic E-state index is 4.11. The van der Waals surface area contributed by atoms with Gasteiger partial charge in [0.25, 0.3) is 0 Å². The molecule has 5 nitrogen and oxygen atoms in total. The van der Waals surface area contributed by atoms with Crippen LogP contribution in [0.25, 0.3) is 0 Å². The van der Waals surface area contributed by atoms with Crippen LogP contribution in [0, 0.1) is 5.41 Å². The standard InChI is InChI=1S/C9H17N5/c1-3-9(4-5-9)7-10-6-8-11-13-14(2)12-8/h10H,3-7H2,1-2H3. The third kappa shape index (κ3) is 2.09. The van der Waals surface area contributed by atoms with Crippen molar-refractivity contribution in [1.82, 2.24) is 25.5 Å². The van der Waals surface area contributed by atoms with Crippen molar-refractivity contribution < 1.29 is 0 Å². The lowest BCUT2D eigenvalue weighted by Gasteiger charge is -2.11. The molecule has 1 N–H and O–H groups in total. The predicted octanol–water partition coefficient (Wildman–Crippen LogP) is 0.490. The Morgan fingerprint density at radius 2 is 2.29 bits per heavy atom. The fourth-order valence-electron chi connectivity index (χ4n) is 1.67. The third-order valence-corrected chi connectivity index (χ3v) is 3.04. The molecule has 0 saturated heterocycles. The minimum Gasteiger partial charge on any atom is -0.309 e. The Labute approximate surface area is 83.9 Å². The average molecular weight is 195 g/mol. The van der Waals surface area contributed by atoms with Crippen molar-refractivity contribution >= 4 is 0 Å². The maximum absolute atomic E-state index is 4.11. The Morgan fingerprint density at radius 1 is 1.50 bits per heavy atom. The molecule has 5 heteroatoms. The van der Waals surface area contributed by atoms with Crippen molar-refractivity contribution in [2.75, 3.05) is 6.54 Å². The largest absolute Gasteiger partial charge is 0.309 e. The molecule has 78 valence electrons. The number of hydrogen-bond donors (Lipinski definition) is 1. The summed E-state index contributed by atoms with van der Waals surface area (Å²) in [6.45, 7) is 4.08. The average Bonchev–Trinajstić information content (AvgIpc) is 2.84. The van der Waals surface area contributed by atoms with Crippen LogP contribution in [0.15, 0.2) is 0 Å². The van der Waals surface area contributed by atoms with Gasteiger partial charge in [-0.25, -0.2) is 0 Å². The van der Waals surface area contributed by atoms with E-state index in [1.807, 2.05) is 0 Å². The smallest absolute Gasteiger partial charge is 0.188 e. The van der Waals surface area contributed by atoms with Crippen LogP contribution in [0.2, 0.25) is 0 Å². The summed E-state index contributed by atoms with van der Waals surface area (Å²) in [6.07, 6.45) is 4.00. The summed E-state index contributed by atoms with van der Waals surface area (Å²) < 4.78 is 0. The third-order valence-electron chi connectivity index (χ3n) is 3.04. The molecule has 1 aromatic heterocycles. The number of nitrogens with one attached hydrogen (secondary N) is 1. The first-order chi connectivity index (χ1) is 6.74. The Morgan fingerprint density at radius 3 is 2.79 bits per heavy atom. The van der Waals surface area contributed by atoms with E-state index in [-0.39, 0.29) is 0 Å². The van der Waals surface area contributed by atoms with Gasteiger partial charge >= 0.3 is 0 Å². The molecule has 0 radical (unpaired) electrons. The van der Waals surface area contributed by atoms with Crippen LogP contribution < -0.4 is 5.32 Å². The molecule has 1 aromatic rings. The second-order valence-electron chi connectivity index (χ2n) is 4.15. The zero-order chi connectivity index (χ0) is 10.0. The molecule has 0 bridgehead atoms. The number of rotatable bonds is 5. The van der Waals surface area contributed by atoms with Gasteiger partial charge in [0.1, 0.15) is 0 Å². The van der Waals surface area contributed by atoms with E-state index in [9.17, 15) is 0 Å². The quantitative estimate of drug-likeness (QED) is 0.743. The molecule has 0 aliphatic heterocycles. The van der Waals surface area contributed by atoms with Gasteiger partial charge in [0, 0.05) is 6.54 Å². The molecule has 1 heterocycles. The molecular weight excluding hydrogens is 178 g/mol. The molecule has 1 saturated carbocycles. The van der Waals surface area contributed by atoms with Gasteiger partial charge < -0.3 is 5.32 Å². The van der Waals surface area contributed by atoms with E-state index in [1.165, 1.54) is 24.1 Å². The molecule has 1 aliphatic rings. The van der Waals surface area contributed by atoms with Crippen LogP contribution in [0.4, 0.5) is 0 Å². The topological polar surface area (TPSA) is 55.6 Å². The van der Waals surface area contributed by atoms with E-state index in [4.69, 9.17) is 0 Å². The molecule has 0 atom stereocenters. The van der Waals surface area contributed by atoms with Gasteiger partial charge in [0.15, 0.2) is 5.82 Å². The van der Waals surface area contributed by atoms with Crippen LogP contribution in [-0.2, 0) is 13.6 Å². The molecule has 1 aliphatic carbocycles. The molecule has 2 rings (SSSR count). The van der Waals surface area contributed by atoms with Crippen molar-refractivity contribution in [1.29, 1.82) is 0 Å². The van der Waals surface area contributed by atoms with Gasteiger partial charge in [-0.2, -0.15) is 4.80 Å². The predicted molar refractivity (Wildman–Crippen MR) is 52.5 cm³/mol. The molecule has 14 heavy (non-hydrogen) atoms. The van der Waals surface area contributed by atoms with Gasteiger partial charge in [0.2, 0.25) is 0 Å². The van der Waals surface area contributed by atoms with Gasteiger partial charge in [-0.1, -0.05) is 6.92 Å². The lowest BCUT2D eigenvalue weighted by Crippen LogP contribution is -2.23. The van der Waals surface area contributed by atoms with Crippen molar-refractivity contribution in [3.63, 3.8) is 0 Å². The van der Waals surface area contributed by atoms with Crippen LogP contribution in [-0.4, -0.2) is 26.8 Å². The van der Waals surface area contributed by atoms with E-state index < -0.39 is 0 Å².